The topological polar surface area (TPSA) is 0 Å². The Hall–Kier alpha value is -0.480. The number of hydrogen-bond acceptors (Lipinski definition) is 0. The minimum atomic E-state index is 1.17. The van der Waals surface area contributed by atoms with Gasteiger partial charge in [0.05, 0.1) is 0 Å². The molecule has 0 aliphatic rings. The molecule has 0 nitrogen and oxygen atoms in total. The molecule has 0 radical (unpaired) electrons. The van der Waals surface area contributed by atoms with Gasteiger partial charge in [0.2, 0.25) is 0 Å². The van der Waals surface area contributed by atoms with E-state index in [4.69, 9.17) is 0 Å². The van der Waals surface area contributed by atoms with Crippen LogP contribution in [0.25, 0.3) is 0 Å². The third-order valence-electron chi connectivity index (χ3n) is 2.00. The Balaban J connectivity index is 3.85. The molecule has 70 valence electrons. The van der Waals surface area contributed by atoms with Gasteiger partial charge < -0.3 is 0 Å². The summed E-state index contributed by atoms with van der Waals surface area (Å²) in [6.07, 6.45) is 9.62. The Morgan fingerprint density at radius 1 is 1.17 bits per heavy atom. The van der Waals surface area contributed by atoms with Gasteiger partial charge in [-0.05, 0) is 37.3 Å². The fourth-order valence-electron chi connectivity index (χ4n) is 1.10. The van der Waals surface area contributed by atoms with Crippen LogP contribution in [0.15, 0.2) is 17.4 Å². The zero-order valence-corrected chi connectivity index (χ0v) is 8.82. The zero-order chi connectivity index (χ0) is 9.23. The van der Waals surface area contributed by atoms with Crippen molar-refractivity contribution in [3.8, 4) is 0 Å². The van der Waals surface area contributed by atoms with Crippen LogP contribution >= 0.6 is 0 Å². The summed E-state index contributed by atoms with van der Waals surface area (Å²) in [5.74, 6) is 0. The molecule has 0 spiro atoms. The standard InChI is InChI=1S/C12H22/c1-4-7-9-11-12(6-3)10-8-5-2/h9H,4-8,10H2,1-3H3. The predicted octanol–water partition coefficient (Wildman–Crippen LogP) is 4.47. The molecule has 0 fully saturated rings. The lowest BCUT2D eigenvalue weighted by atomic mass is 10.1. The second kappa shape index (κ2) is 8.62. The van der Waals surface area contributed by atoms with Gasteiger partial charge in [-0.2, -0.15) is 0 Å². The van der Waals surface area contributed by atoms with Crippen molar-refractivity contribution in [1.29, 1.82) is 0 Å². The highest BCUT2D eigenvalue weighted by Gasteiger charge is 1.90. The van der Waals surface area contributed by atoms with Crippen LogP contribution in [0.5, 0.6) is 0 Å². The fourth-order valence-corrected chi connectivity index (χ4v) is 1.10. The quantitative estimate of drug-likeness (QED) is 0.511. The largest absolute Gasteiger partial charge is 0.126 e. The van der Waals surface area contributed by atoms with Crippen LogP contribution in [0, 0.1) is 0 Å². The van der Waals surface area contributed by atoms with Crippen LogP contribution in [-0.4, -0.2) is 0 Å². The minimum Gasteiger partial charge on any atom is -0.126 e. The fraction of sp³-hybridized carbons (Fsp3) is 0.750. The van der Waals surface area contributed by atoms with Crippen molar-refractivity contribution < 1.29 is 0 Å². The van der Waals surface area contributed by atoms with Crippen LogP contribution in [0.1, 0.15) is 59.3 Å². The van der Waals surface area contributed by atoms with E-state index in [1.807, 2.05) is 0 Å². The maximum atomic E-state index is 3.40. The molecule has 0 amide bonds. The summed E-state index contributed by atoms with van der Waals surface area (Å²) >= 11 is 0. The van der Waals surface area contributed by atoms with Gasteiger partial charge in [-0.15, -0.1) is 5.73 Å². The van der Waals surface area contributed by atoms with Gasteiger partial charge in [-0.25, -0.2) is 0 Å². The lowest BCUT2D eigenvalue weighted by molar-refractivity contribution is 0.767. The third kappa shape index (κ3) is 6.24. The van der Waals surface area contributed by atoms with Crippen molar-refractivity contribution in [3.05, 3.63) is 17.4 Å². The molecule has 0 unspecified atom stereocenters. The zero-order valence-electron chi connectivity index (χ0n) is 8.82. The molecule has 12 heavy (non-hydrogen) atoms. The molecule has 0 atom stereocenters. The normalized spacial score (nSPS) is 9.25. The summed E-state index contributed by atoms with van der Waals surface area (Å²) in [5, 5.41) is 0. The van der Waals surface area contributed by atoms with E-state index in [0.717, 1.165) is 0 Å². The first-order chi connectivity index (χ1) is 5.85. The van der Waals surface area contributed by atoms with Crippen LogP contribution < -0.4 is 0 Å². The summed E-state index contributed by atoms with van der Waals surface area (Å²) in [4.78, 5) is 0. The molecule has 0 saturated carbocycles. The second-order valence-corrected chi connectivity index (χ2v) is 3.20. The van der Waals surface area contributed by atoms with Gasteiger partial charge in [0.15, 0.2) is 0 Å². The van der Waals surface area contributed by atoms with Crippen LogP contribution in [0.2, 0.25) is 0 Å². The van der Waals surface area contributed by atoms with E-state index in [2.05, 4.69) is 32.6 Å². The van der Waals surface area contributed by atoms with Crippen molar-refractivity contribution in [1.82, 2.24) is 0 Å². The summed E-state index contributed by atoms with van der Waals surface area (Å²) in [6.45, 7) is 6.66. The molecular weight excluding hydrogens is 144 g/mol. The van der Waals surface area contributed by atoms with E-state index >= 15 is 0 Å². The smallest absolute Gasteiger partial charge is 0.0244 e. The lowest BCUT2D eigenvalue weighted by Crippen LogP contribution is -1.79. The molecule has 0 aromatic carbocycles. The Bertz CT molecular complexity index is 147. The predicted molar refractivity (Wildman–Crippen MR) is 56.3 cm³/mol. The molecule has 0 rings (SSSR count). The summed E-state index contributed by atoms with van der Waals surface area (Å²) in [6, 6.07) is 0. The molecule has 0 aromatic rings. The van der Waals surface area contributed by atoms with E-state index in [1.165, 1.54) is 44.1 Å². The summed E-state index contributed by atoms with van der Waals surface area (Å²) in [7, 11) is 0. The number of allylic oxidation sites excluding steroid dienone is 1. The number of rotatable bonds is 6. The maximum absolute atomic E-state index is 3.40. The Morgan fingerprint density at radius 2 is 1.92 bits per heavy atom. The monoisotopic (exact) mass is 166 g/mol. The highest BCUT2D eigenvalue weighted by Crippen LogP contribution is 2.09. The highest BCUT2D eigenvalue weighted by molar-refractivity contribution is 5.00. The second-order valence-electron chi connectivity index (χ2n) is 3.20. The molecule has 0 aliphatic carbocycles. The van der Waals surface area contributed by atoms with Crippen molar-refractivity contribution in [3.63, 3.8) is 0 Å². The van der Waals surface area contributed by atoms with Crippen LogP contribution in [0.4, 0.5) is 0 Å². The Labute approximate surface area is 77.4 Å². The number of unbranched alkanes of at least 4 members (excludes halogenated alkanes) is 2. The van der Waals surface area contributed by atoms with Crippen molar-refractivity contribution >= 4 is 0 Å². The van der Waals surface area contributed by atoms with Gasteiger partial charge in [-0.3, -0.25) is 0 Å². The molecule has 0 aromatic heterocycles. The Kier molecular flexibility index (Phi) is 8.27. The SMILES string of the molecule is CCCC=C=C(CC)CCCC. The van der Waals surface area contributed by atoms with E-state index < -0.39 is 0 Å². The van der Waals surface area contributed by atoms with E-state index in [9.17, 15) is 0 Å². The Morgan fingerprint density at radius 3 is 2.42 bits per heavy atom. The van der Waals surface area contributed by atoms with Crippen LogP contribution in [0.3, 0.4) is 0 Å². The summed E-state index contributed by atoms with van der Waals surface area (Å²) < 4.78 is 0. The van der Waals surface area contributed by atoms with E-state index in [-0.39, 0.29) is 0 Å². The molecule has 0 aliphatic heterocycles. The van der Waals surface area contributed by atoms with Gasteiger partial charge >= 0.3 is 0 Å². The highest BCUT2D eigenvalue weighted by atomic mass is 14.0. The molecular formula is C12H22. The first-order valence-corrected chi connectivity index (χ1v) is 5.28. The molecule has 0 heteroatoms. The first kappa shape index (κ1) is 11.5. The average Bonchev–Trinajstić information content (AvgIpc) is 2.11. The minimum absolute atomic E-state index is 1.17. The average molecular weight is 166 g/mol. The number of hydrogen-bond donors (Lipinski definition) is 0. The molecule has 0 bridgehead atoms. The van der Waals surface area contributed by atoms with E-state index in [1.54, 1.807) is 0 Å². The third-order valence-corrected chi connectivity index (χ3v) is 2.00. The van der Waals surface area contributed by atoms with Gasteiger partial charge in [0, 0.05) is 0 Å². The molecule has 0 saturated heterocycles. The maximum Gasteiger partial charge on any atom is -0.0244 e. The first-order valence-electron chi connectivity index (χ1n) is 5.28. The van der Waals surface area contributed by atoms with Gasteiger partial charge in [-0.1, -0.05) is 33.6 Å². The van der Waals surface area contributed by atoms with Crippen molar-refractivity contribution in [2.24, 2.45) is 0 Å². The van der Waals surface area contributed by atoms with Gasteiger partial charge in [0.1, 0.15) is 0 Å². The van der Waals surface area contributed by atoms with E-state index in [0.29, 0.717) is 0 Å². The van der Waals surface area contributed by atoms with Crippen LogP contribution in [-0.2, 0) is 0 Å². The van der Waals surface area contributed by atoms with Crippen molar-refractivity contribution in [2.75, 3.05) is 0 Å². The molecule has 0 heterocycles. The summed E-state index contributed by atoms with van der Waals surface area (Å²) in [5.41, 5.74) is 4.89. The van der Waals surface area contributed by atoms with Gasteiger partial charge in [0.25, 0.3) is 0 Å². The molecule has 0 N–H and O–H groups in total. The lowest BCUT2D eigenvalue weighted by Gasteiger charge is -1.97. The van der Waals surface area contributed by atoms with Crippen molar-refractivity contribution in [2.45, 2.75) is 59.3 Å².